The Morgan fingerprint density at radius 1 is 1.37 bits per heavy atom. The molecule has 166 valence electrons. The van der Waals surface area contributed by atoms with Crippen LogP contribution in [0.3, 0.4) is 0 Å². The minimum atomic E-state index is -3.56. The Balaban J connectivity index is 1.64. The molecule has 1 N–H and O–H groups in total. The molecular weight excluding hydrogens is 464 g/mol. The zero-order valence-corrected chi connectivity index (χ0v) is 20.3. The standard InChI is InChI=1S/C19H27ClN4O3S3/c1-14(2)23-9-5-15(6-10-23)24(13-18-21-7-11-28-18)30(26,27)12-8-22-19(25)16-3-4-17(20)29-16/h3-4,7,11,14-15H,5-6,8-10,12-13H2,1-2H3,(H,22,25). The molecule has 3 rings (SSSR count). The Kier molecular flexibility index (Phi) is 8.28. The van der Waals surface area contributed by atoms with Crippen LogP contribution < -0.4 is 5.32 Å². The fourth-order valence-corrected chi connectivity index (χ4v) is 6.78. The van der Waals surface area contributed by atoms with Crippen LogP contribution in [0, 0.1) is 0 Å². The summed E-state index contributed by atoms with van der Waals surface area (Å²) in [7, 11) is -3.56. The molecule has 30 heavy (non-hydrogen) atoms. The molecule has 0 unspecified atom stereocenters. The highest BCUT2D eigenvalue weighted by Gasteiger charge is 2.33. The van der Waals surface area contributed by atoms with E-state index in [0.29, 0.717) is 15.3 Å². The van der Waals surface area contributed by atoms with Crippen LogP contribution in [0.25, 0.3) is 0 Å². The molecule has 0 saturated carbocycles. The first-order valence-electron chi connectivity index (χ1n) is 9.91. The van der Waals surface area contributed by atoms with Crippen LogP contribution in [0.1, 0.15) is 41.4 Å². The number of thiazole rings is 1. The van der Waals surface area contributed by atoms with Crippen molar-refractivity contribution in [2.24, 2.45) is 0 Å². The SMILES string of the molecule is CC(C)N1CCC(N(Cc2nccs2)S(=O)(=O)CCNC(=O)c2ccc(Cl)s2)CC1. The zero-order chi connectivity index (χ0) is 21.7. The van der Waals surface area contributed by atoms with Crippen molar-refractivity contribution < 1.29 is 13.2 Å². The van der Waals surface area contributed by atoms with E-state index >= 15 is 0 Å². The number of sulfonamides is 1. The van der Waals surface area contributed by atoms with E-state index in [4.69, 9.17) is 11.6 Å². The average Bonchev–Trinajstić information content (AvgIpc) is 3.37. The number of aromatic nitrogens is 1. The van der Waals surface area contributed by atoms with E-state index in [2.05, 4.69) is 29.0 Å². The maximum atomic E-state index is 13.2. The summed E-state index contributed by atoms with van der Waals surface area (Å²) in [5, 5.41) is 5.33. The number of piperidine rings is 1. The Hall–Kier alpha value is -1.04. The van der Waals surface area contributed by atoms with E-state index in [1.807, 2.05) is 5.38 Å². The van der Waals surface area contributed by atoms with Crippen molar-refractivity contribution in [2.45, 2.75) is 45.3 Å². The quantitative estimate of drug-likeness (QED) is 0.583. The lowest BCUT2D eigenvalue weighted by molar-refractivity contribution is 0.0960. The maximum absolute atomic E-state index is 13.2. The monoisotopic (exact) mass is 490 g/mol. The summed E-state index contributed by atoms with van der Waals surface area (Å²) in [5.74, 6) is -0.452. The van der Waals surface area contributed by atoms with Gasteiger partial charge in [0.2, 0.25) is 10.0 Å². The van der Waals surface area contributed by atoms with E-state index in [-0.39, 0.29) is 30.8 Å². The lowest BCUT2D eigenvalue weighted by atomic mass is 10.0. The first-order valence-corrected chi connectivity index (χ1v) is 13.6. The van der Waals surface area contributed by atoms with Gasteiger partial charge in [-0.3, -0.25) is 4.79 Å². The van der Waals surface area contributed by atoms with Crippen molar-refractivity contribution in [3.63, 3.8) is 0 Å². The molecule has 0 aliphatic carbocycles. The summed E-state index contributed by atoms with van der Waals surface area (Å²) in [6.45, 7) is 6.41. The lowest BCUT2D eigenvalue weighted by Gasteiger charge is -2.39. The van der Waals surface area contributed by atoms with Crippen LogP contribution in [0.5, 0.6) is 0 Å². The molecule has 0 bridgehead atoms. The molecule has 2 aromatic rings. The van der Waals surface area contributed by atoms with E-state index < -0.39 is 10.0 Å². The van der Waals surface area contributed by atoms with Crippen LogP contribution in [0.15, 0.2) is 23.7 Å². The Morgan fingerprint density at radius 2 is 2.10 bits per heavy atom. The zero-order valence-electron chi connectivity index (χ0n) is 17.1. The molecule has 7 nitrogen and oxygen atoms in total. The van der Waals surface area contributed by atoms with Gasteiger partial charge in [-0.05, 0) is 51.9 Å². The highest BCUT2D eigenvalue weighted by atomic mass is 35.5. The number of carbonyl (C=O) groups excluding carboxylic acids is 1. The van der Waals surface area contributed by atoms with E-state index in [9.17, 15) is 13.2 Å². The fraction of sp³-hybridized carbons (Fsp3) is 0.579. The van der Waals surface area contributed by atoms with Crippen LogP contribution in [-0.4, -0.2) is 66.0 Å². The molecular formula is C19H27ClN4O3S3. The molecule has 11 heteroatoms. The van der Waals surface area contributed by atoms with Gasteiger partial charge in [-0.15, -0.1) is 22.7 Å². The first kappa shape index (κ1) is 23.6. The first-order chi connectivity index (χ1) is 14.3. The van der Waals surface area contributed by atoms with Gasteiger partial charge in [0.05, 0.1) is 21.5 Å². The fourth-order valence-electron chi connectivity index (χ4n) is 3.54. The predicted molar refractivity (Wildman–Crippen MR) is 123 cm³/mol. The number of nitrogens with zero attached hydrogens (tertiary/aromatic N) is 3. The molecule has 1 amide bonds. The van der Waals surface area contributed by atoms with Crippen molar-refractivity contribution in [1.29, 1.82) is 0 Å². The molecule has 0 spiro atoms. The smallest absolute Gasteiger partial charge is 0.261 e. The van der Waals surface area contributed by atoms with Gasteiger partial charge < -0.3 is 10.2 Å². The summed E-state index contributed by atoms with van der Waals surface area (Å²) in [5.41, 5.74) is 0. The second-order valence-corrected chi connectivity index (χ2v) is 12.2. The van der Waals surface area contributed by atoms with Crippen LogP contribution in [-0.2, 0) is 16.6 Å². The number of halogens is 1. The van der Waals surface area contributed by atoms with Gasteiger partial charge in [0.1, 0.15) is 5.01 Å². The number of thiophene rings is 1. The van der Waals surface area contributed by atoms with Crippen LogP contribution in [0.2, 0.25) is 4.34 Å². The molecule has 1 aliphatic heterocycles. The minimum Gasteiger partial charge on any atom is -0.350 e. The molecule has 1 aliphatic rings. The summed E-state index contributed by atoms with van der Waals surface area (Å²) in [6, 6.07) is 3.68. The molecule has 0 radical (unpaired) electrons. The molecule has 0 atom stereocenters. The lowest BCUT2D eigenvalue weighted by Crippen LogP contribution is -2.49. The van der Waals surface area contributed by atoms with Crippen molar-refractivity contribution >= 4 is 50.2 Å². The van der Waals surface area contributed by atoms with Crippen LogP contribution in [0.4, 0.5) is 0 Å². The third kappa shape index (κ3) is 6.24. The third-order valence-electron chi connectivity index (χ3n) is 5.21. The van der Waals surface area contributed by atoms with Gasteiger partial charge in [-0.1, -0.05) is 11.6 Å². The Morgan fingerprint density at radius 3 is 2.67 bits per heavy atom. The number of nitrogens with one attached hydrogen (secondary N) is 1. The molecule has 2 aromatic heterocycles. The average molecular weight is 491 g/mol. The van der Waals surface area contributed by atoms with E-state index in [1.54, 1.807) is 22.6 Å². The number of rotatable bonds is 9. The minimum absolute atomic E-state index is 0.0515. The summed E-state index contributed by atoms with van der Waals surface area (Å²) in [4.78, 5) is 19.3. The van der Waals surface area contributed by atoms with Crippen molar-refractivity contribution in [3.8, 4) is 0 Å². The van der Waals surface area contributed by atoms with Gasteiger partial charge in [0.15, 0.2) is 0 Å². The van der Waals surface area contributed by atoms with Gasteiger partial charge in [0, 0.05) is 30.2 Å². The Bertz CT molecular complexity index is 923. The second kappa shape index (κ2) is 10.5. The van der Waals surface area contributed by atoms with Crippen molar-refractivity contribution in [3.05, 3.63) is 37.9 Å². The highest BCUT2D eigenvalue weighted by Crippen LogP contribution is 2.24. The number of likely N-dealkylation sites (tertiary alicyclic amines) is 1. The number of amides is 1. The summed E-state index contributed by atoms with van der Waals surface area (Å²) in [6.07, 6.45) is 3.28. The van der Waals surface area contributed by atoms with Crippen molar-refractivity contribution in [1.82, 2.24) is 19.5 Å². The maximum Gasteiger partial charge on any atom is 0.261 e. The molecule has 0 aromatic carbocycles. The third-order valence-corrected chi connectivity index (χ3v) is 9.07. The van der Waals surface area contributed by atoms with Crippen LogP contribution >= 0.6 is 34.3 Å². The highest BCUT2D eigenvalue weighted by molar-refractivity contribution is 7.89. The normalized spacial score (nSPS) is 16.4. The van der Waals surface area contributed by atoms with Gasteiger partial charge in [0.25, 0.3) is 5.91 Å². The molecule has 1 saturated heterocycles. The summed E-state index contributed by atoms with van der Waals surface area (Å²) >= 11 is 8.49. The number of hydrogen-bond donors (Lipinski definition) is 1. The topological polar surface area (TPSA) is 82.6 Å². The van der Waals surface area contributed by atoms with E-state index in [0.717, 1.165) is 30.9 Å². The second-order valence-electron chi connectivity index (χ2n) is 7.51. The molecule has 3 heterocycles. The number of hydrogen-bond acceptors (Lipinski definition) is 7. The summed E-state index contributed by atoms with van der Waals surface area (Å²) < 4.78 is 28.5. The Labute approximate surface area is 191 Å². The predicted octanol–water partition coefficient (Wildman–Crippen LogP) is 3.29. The number of carbonyl (C=O) groups is 1. The van der Waals surface area contributed by atoms with Gasteiger partial charge in [-0.25, -0.2) is 13.4 Å². The largest absolute Gasteiger partial charge is 0.350 e. The van der Waals surface area contributed by atoms with Gasteiger partial charge >= 0.3 is 0 Å². The molecule has 1 fully saturated rings. The van der Waals surface area contributed by atoms with Crippen molar-refractivity contribution in [2.75, 3.05) is 25.4 Å². The van der Waals surface area contributed by atoms with Gasteiger partial charge in [-0.2, -0.15) is 4.31 Å². The van der Waals surface area contributed by atoms with E-state index in [1.165, 1.54) is 22.7 Å².